The Morgan fingerprint density at radius 2 is 1.31 bits per heavy atom. The highest BCUT2D eigenvalue weighted by Gasteiger charge is 2.40. The first kappa shape index (κ1) is 16.3. The van der Waals surface area contributed by atoms with Crippen LogP contribution in [0.3, 0.4) is 0 Å². The largest absolute Gasteiger partial charge is 0.285 e. The van der Waals surface area contributed by atoms with Crippen LogP contribution in [-0.4, -0.2) is 28.8 Å². The molecule has 1 N–H and O–H groups in total. The van der Waals surface area contributed by atoms with Gasteiger partial charge in [0.2, 0.25) is 0 Å². The minimum atomic E-state index is -3.88. The van der Waals surface area contributed by atoms with E-state index in [2.05, 4.69) is 41.5 Å². The number of rotatable bonds is 6. The van der Waals surface area contributed by atoms with Crippen molar-refractivity contribution in [2.45, 2.75) is 64.7 Å². The van der Waals surface area contributed by atoms with Crippen LogP contribution in [0.15, 0.2) is 0 Å². The molecule has 0 amide bonds. The number of hydrogen-bond acceptors (Lipinski definition) is 2. The van der Waals surface area contributed by atoms with E-state index < -0.39 is 18.0 Å². The van der Waals surface area contributed by atoms with Gasteiger partial charge in [0.05, 0.1) is 5.49 Å². The Labute approximate surface area is 102 Å². The second kappa shape index (κ2) is 5.32. The molecule has 0 aromatic rings. The monoisotopic (exact) mass is 268 g/mol. The summed E-state index contributed by atoms with van der Waals surface area (Å²) in [4.78, 5) is 0. The minimum absolute atomic E-state index is 0.0232. The third kappa shape index (κ3) is 4.68. The summed E-state index contributed by atoms with van der Waals surface area (Å²) in [7, 11) is -4.65. The molecule has 0 aromatic heterocycles. The Bertz CT molecular complexity index is 304. The standard InChI is InChI=1S/C11H25O3PS/c1-7-10(3,4)15(9-16(12,13)14)11(5,6)8-2/h7-9H2,1-6H3,(H,12,13,14). The van der Waals surface area contributed by atoms with Gasteiger partial charge in [-0.2, -0.15) is 8.42 Å². The van der Waals surface area contributed by atoms with E-state index in [1.54, 1.807) is 0 Å². The van der Waals surface area contributed by atoms with Gasteiger partial charge in [-0.05, 0) is 23.2 Å². The average molecular weight is 268 g/mol. The lowest BCUT2D eigenvalue weighted by atomic mass is 10.1. The van der Waals surface area contributed by atoms with Gasteiger partial charge in [-0.25, -0.2) is 0 Å². The molecule has 0 atom stereocenters. The van der Waals surface area contributed by atoms with Crippen LogP contribution in [0.25, 0.3) is 0 Å². The van der Waals surface area contributed by atoms with Crippen molar-refractivity contribution in [1.82, 2.24) is 0 Å². The third-order valence-corrected chi connectivity index (χ3v) is 9.38. The molecule has 5 heteroatoms. The molecule has 0 bridgehead atoms. The van der Waals surface area contributed by atoms with Crippen molar-refractivity contribution < 1.29 is 13.0 Å². The lowest BCUT2D eigenvalue weighted by Crippen LogP contribution is -2.32. The lowest BCUT2D eigenvalue weighted by molar-refractivity contribution is 0.487. The van der Waals surface area contributed by atoms with Gasteiger partial charge >= 0.3 is 0 Å². The van der Waals surface area contributed by atoms with Crippen LogP contribution in [-0.2, 0) is 10.1 Å². The molecule has 0 radical (unpaired) electrons. The van der Waals surface area contributed by atoms with Gasteiger partial charge in [0.15, 0.2) is 0 Å². The summed E-state index contributed by atoms with van der Waals surface area (Å²) in [6.07, 6.45) is 1.86. The van der Waals surface area contributed by atoms with E-state index in [4.69, 9.17) is 4.55 Å². The van der Waals surface area contributed by atoms with Gasteiger partial charge in [0, 0.05) is 0 Å². The van der Waals surface area contributed by atoms with E-state index >= 15 is 0 Å². The van der Waals surface area contributed by atoms with Gasteiger partial charge < -0.3 is 0 Å². The summed E-state index contributed by atoms with van der Waals surface area (Å²) < 4.78 is 31.4. The predicted octanol–water partition coefficient (Wildman–Crippen LogP) is 3.69. The Morgan fingerprint density at radius 1 is 1.00 bits per heavy atom. The minimum Gasteiger partial charge on any atom is -0.285 e. The first-order chi connectivity index (χ1) is 6.96. The van der Waals surface area contributed by atoms with E-state index in [0.29, 0.717) is 0 Å². The van der Waals surface area contributed by atoms with Gasteiger partial charge in [-0.15, -0.1) is 0 Å². The van der Waals surface area contributed by atoms with Gasteiger partial charge in [-0.1, -0.05) is 49.5 Å². The Kier molecular flexibility index (Phi) is 5.44. The molecule has 0 rings (SSSR count). The van der Waals surface area contributed by atoms with Crippen molar-refractivity contribution in [3.8, 4) is 0 Å². The maximum Gasteiger partial charge on any atom is 0.268 e. The molecule has 0 aromatic carbocycles. The van der Waals surface area contributed by atoms with Crippen LogP contribution in [0.5, 0.6) is 0 Å². The zero-order valence-electron chi connectivity index (χ0n) is 11.2. The summed E-state index contributed by atoms with van der Waals surface area (Å²) in [5, 5.41) is -0.0463. The first-order valence-corrected chi connectivity index (χ1v) is 8.83. The lowest BCUT2D eigenvalue weighted by Gasteiger charge is -2.44. The second-order valence-corrected chi connectivity index (χ2v) is 10.9. The van der Waals surface area contributed by atoms with E-state index in [9.17, 15) is 8.42 Å². The molecular formula is C11H25O3PS. The van der Waals surface area contributed by atoms with Crippen LogP contribution in [0, 0.1) is 0 Å². The average Bonchev–Trinajstić information content (AvgIpc) is 2.12. The molecule has 98 valence electrons. The molecule has 0 saturated heterocycles. The van der Waals surface area contributed by atoms with E-state index in [-0.39, 0.29) is 15.8 Å². The Morgan fingerprint density at radius 3 is 1.50 bits per heavy atom. The molecule has 0 spiro atoms. The molecule has 16 heavy (non-hydrogen) atoms. The zero-order chi connectivity index (χ0) is 13.2. The highest BCUT2D eigenvalue weighted by molar-refractivity contribution is 7.94. The molecule has 0 aliphatic rings. The van der Waals surface area contributed by atoms with Crippen molar-refractivity contribution in [3.63, 3.8) is 0 Å². The van der Waals surface area contributed by atoms with Crippen molar-refractivity contribution in [3.05, 3.63) is 0 Å². The fourth-order valence-electron chi connectivity index (χ4n) is 1.71. The number of hydrogen-bond donors (Lipinski definition) is 1. The summed E-state index contributed by atoms with van der Waals surface area (Å²) in [6.45, 7) is 12.5. The second-order valence-electron chi connectivity index (χ2n) is 5.47. The topological polar surface area (TPSA) is 54.4 Å². The highest BCUT2D eigenvalue weighted by Crippen LogP contribution is 2.62. The molecule has 0 aliphatic heterocycles. The van der Waals surface area contributed by atoms with E-state index in [1.807, 2.05) is 0 Å². The SMILES string of the molecule is CCC(C)(C)P(CS(=O)(=O)O)C(C)(C)CC. The van der Waals surface area contributed by atoms with Crippen LogP contribution in [0.1, 0.15) is 54.4 Å². The Balaban J connectivity index is 5.23. The smallest absolute Gasteiger partial charge is 0.268 e. The molecule has 0 aliphatic carbocycles. The van der Waals surface area contributed by atoms with Crippen LogP contribution in [0.4, 0.5) is 0 Å². The normalized spacial score (nSPS) is 14.5. The third-order valence-electron chi connectivity index (χ3n) is 3.48. The molecule has 0 heterocycles. The quantitative estimate of drug-likeness (QED) is 0.590. The first-order valence-electron chi connectivity index (χ1n) is 5.69. The summed E-state index contributed by atoms with van der Waals surface area (Å²) in [5.41, 5.74) is -0.0794. The van der Waals surface area contributed by atoms with Gasteiger partial charge in [0.25, 0.3) is 10.1 Å². The van der Waals surface area contributed by atoms with Crippen molar-refractivity contribution >= 4 is 18.0 Å². The Hall–Kier alpha value is 0.340. The van der Waals surface area contributed by atoms with Crippen molar-refractivity contribution in [2.24, 2.45) is 0 Å². The molecule has 3 nitrogen and oxygen atoms in total. The van der Waals surface area contributed by atoms with Gasteiger partial charge in [-0.3, -0.25) is 4.55 Å². The highest BCUT2D eigenvalue weighted by atomic mass is 32.2. The fraction of sp³-hybridized carbons (Fsp3) is 1.00. The van der Waals surface area contributed by atoms with Crippen LogP contribution in [0.2, 0.25) is 0 Å². The zero-order valence-corrected chi connectivity index (χ0v) is 13.0. The summed E-state index contributed by atoms with van der Waals surface area (Å²) >= 11 is 0. The van der Waals surface area contributed by atoms with Crippen LogP contribution >= 0.6 is 7.92 Å². The van der Waals surface area contributed by atoms with E-state index in [0.717, 1.165) is 12.8 Å². The van der Waals surface area contributed by atoms with E-state index in [1.165, 1.54) is 0 Å². The summed E-state index contributed by atoms with van der Waals surface area (Å²) in [6, 6.07) is 0. The molecule has 0 saturated carbocycles. The summed E-state index contributed by atoms with van der Waals surface area (Å²) in [5.74, 6) is 0. The van der Waals surface area contributed by atoms with Crippen molar-refractivity contribution in [1.29, 1.82) is 0 Å². The fourth-order valence-corrected chi connectivity index (χ4v) is 8.22. The van der Waals surface area contributed by atoms with Gasteiger partial charge in [0.1, 0.15) is 0 Å². The molecule has 0 unspecified atom stereocenters. The molecular weight excluding hydrogens is 243 g/mol. The molecule has 0 fully saturated rings. The van der Waals surface area contributed by atoms with Crippen LogP contribution < -0.4 is 0 Å². The van der Waals surface area contributed by atoms with Crippen molar-refractivity contribution in [2.75, 3.05) is 5.49 Å². The maximum atomic E-state index is 11.1. The predicted molar refractivity (Wildman–Crippen MR) is 72.1 cm³/mol. The maximum absolute atomic E-state index is 11.1.